The quantitative estimate of drug-likeness (QED) is 0.0816. The van der Waals surface area contributed by atoms with Crippen molar-refractivity contribution in [2.75, 3.05) is 36.9 Å². The minimum absolute atomic E-state index is 0.00255. The van der Waals surface area contributed by atoms with Gasteiger partial charge in [-0.2, -0.15) is 9.36 Å². The molecule has 2 aromatic rings. The monoisotopic (exact) mass is 659 g/mol. The number of carbonyl (C=O) groups excluding carboxylic acids is 3. The number of carboxylic acid groups (broad SMARTS) is 1. The Bertz CT molecular complexity index is 1330. The number of hydrogen-bond acceptors (Lipinski definition) is 16. The molecule has 2 saturated heterocycles. The molecule has 4 heterocycles. The van der Waals surface area contributed by atoms with Gasteiger partial charge in [0.2, 0.25) is 17.4 Å². The van der Waals surface area contributed by atoms with E-state index in [1.54, 1.807) is 26.3 Å². The zero-order valence-electron chi connectivity index (χ0n) is 22.8. The van der Waals surface area contributed by atoms with Crippen molar-refractivity contribution in [3.63, 3.8) is 0 Å². The number of aromatic nitrogens is 4. The van der Waals surface area contributed by atoms with Gasteiger partial charge in [-0.1, -0.05) is 28.3 Å². The molecule has 2 aliphatic rings. The molecule has 3 amide bonds. The molecule has 3 atom stereocenters. The number of aliphatic carboxylic acids is 1. The Morgan fingerprint density at radius 1 is 1.36 bits per heavy atom. The average Bonchev–Trinajstić information content (AvgIpc) is 3.60. The number of carboxylic acids is 1. The molecule has 20 heteroatoms. The van der Waals surface area contributed by atoms with Crippen LogP contribution in [0, 0.1) is 5.41 Å². The van der Waals surface area contributed by atoms with E-state index in [1.165, 1.54) is 39.8 Å². The number of hydrogen-bond donors (Lipinski definition) is 4. The number of alkyl carbamates (subject to hydrolysis) is 1. The smallest absolute Gasteiger partial charge is 0.407 e. The van der Waals surface area contributed by atoms with Gasteiger partial charge in [-0.3, -0.25) is 14.4 Å². The number of carbonyl (C=O) groups is 4. The summed E-state index contributed by atoms with van der Waals surface area (Å²) in [4.78, 5) is 60.9. The highest BCUT2D eigenvalue weighted by Gasteiger charge is 2.57. The van der Waals surface area contributed by atoms with Crippen LogP contribution >= 0.6 is 46.4 Å². The largest absolute Gasteiger partial charge is 0.481 e. The van der Waals surface area contributed by atoms with Crippen LogP contribution < -0.4 is 16.4 Å². The molecule has 0 aliphatic carbocycles. The van der Waals surface area contributed by atoms with Crippen molar-refractivity contribution in [1.82, 2.24) is 35.1 Å². The first kappa shape index (κ1) is 31.7. The molecule has 0 aromatic carbocycles. The Labute approximate surface area is 256 Å². The van der Waals surface area contributed by atoms with Gasteiger partial charge in [-0.25, -0.2) is 4.79 Å². The number of anilines is 1. The number of β-lactam (4-membered cyclic amide) rings is 1. The first-order valence-electron chi connectivity index (χ1n) is 12.5. The molecule has 2 unspecified atom stereocenters. The summed E-state index contributed by atoms with van der Waals surface area (Å²) in [7, 11) is 0. The van der Waals surface area contributed by atoms with Crippen LogP contribution in [0.15, 0.2) is 15.0 Å². The summed E-state index contributed by atoms with van der Waals surface area (Å²) in [5, 5.41) is 26.5. The van der Waals surface area contributed by atoms with E-state index in [1.807, 2.05) is 0 Å². The fourth-order valence-electron chi connectivity index (χ4n) is 3.81. The van der Waals surface area contributed by atoms with Gasteiger partial charge in [0.1, 0.15) is 34.5 Å². The first-order chi connectivity index (χ1) is 19.9. The van der Waals surface area contributed by atoms with E-state index in [0.29, 0.717) is 10.8 Å². The van der Waals surface area contributed by atoms with E-state index in [0.717, 1.165) is 11.5 Å². The molecular weight excluding hydrogens is 631 g/mol. The van der Waals surface area contributed by atoms with Crippen LogP contribution in [0.5, 0.6) is 0 Å². The number of nitrogens with two attached hydrogens (primary N) is 1. The Morgan fingerprint density at radius 2 is 2.14 bits per heavy atom. The predicted octanol–water partition coefficient (Wildman–Crippen LogP) is 0.871. The van der Waals surface area contributed by atoms with Crippen molar-refractivity contribution in [1.29, 1.82) is 0 Å². The minimum atomic E-state index is -1.18. The fraction of sp³-hybridized carbons (Fsp3) is 0.591. The highest BCUT2D eigenvalue weighted by molar-refractivity contribution is 8.01. The third-order valence-corrected chi connectivity index (χ3v) is 10.1. The summed E-state index contributed by atoms with van der Waals surface area (Å²) in [5.41, 5.74) is 5.17. The van der Waals surface area contributed by atoms with Crippen LogP contribution in [0.25, 0.3) is 0 Å². The number of nitrogens with one attached hydrogen (secondary N) is 2. The molecule has 2 aliphatic heterocycles. The number of amides is 3. The van der Waals surface area contributed by atoms with Crippen molar-refractivity contribution < 1.29 is 33.9 Å². The number of ether oxygens (including phenoxy) is 1. The SMILES string of the molecule is CC(C)(C)OC(=O)NCCCON=C(C(=O)NC1C(=O)N2CC(CSc3nncs3)(C(=O)O)CS[C@H]12)c1nsc(N)n1. The number of nitrogens with zero attached hydrogens (tertiary/aromatic N) is 6. The van der Waals surface area contributed by atoms with Crippen LogP contribution in [0.4, 0.5) is 9.93 Å². The molecule has 4 rings (SSSR count). The minimum Gasteiger partial charge on any atom is -0.481 e. The molecule has 0 radical (unpaired) electrons. The lowest BCUT2D eigenvalue weighted by atomic mass is 9.89. The third kappa shape index (κ3) is 7.78. The predicted molar refractivity (Wildman–Crippen MR) is 156 cm³/mol. The maximum atomic E-state index is 13.2. The maximum absolute atomic E-state index is 13.2. The first-order valence-corrected chi connectivity index (χ1v) is 16.2. The fourth-order valence-corrected chi connectivity index (χ4v) is 7.59. The number of rotatable bonds is 12. The van der Waals surface area contributed by atoms with Crippen molar-refractivity contribution in [3.05, 3.63) is 11.3 Å². The van der Waals surface area contributed by atoms with Gasteiger partial charge >= 0.3 is 12.1 Å². The normalized spacial score (nSPS) is 22.1. The lowest BCUT2D eigenvalue weighted by Gasteiger charge is -2.53. The Kier molecular flexibility index (Phi) is 10.1. The number of fused-ring (bicyclic) bond motifs is 1. The Balaban J connectivity index is 1.33. The highest BCUT2D eigenvalue weighted by Crippen LogP contribution is 2.44. The molecule has 0 saturated carbocycles. The molecule has 0 spiro atoms. The second-order valence-corrected chi connectivity index (χ2v) is 14.2. The van der Waals surface area contributed by atoms with Crippen molar-refractivity contribution in [2.24, 2.45) is 10.6 Å². The second-order valence-electron chi connectivity index (χ2n) is 10.2. The van der Waals surface area contributed by atoms with Gasteiger partial charge < -0.3 is 35.9 Å². The topological polar surface area (TPSA) is 224 Å². The Morgan fingerprint density at radius 3 is 2.79 bits per heavy atom. The summed E-state index contributed by atoms with van der Waals surface area (Å²) < 4.78 is 9.83. The van der Waals surface area contributed by atoms with Crippen molar-refractivity contribution >= 4 is 81.1 Å². The molecule has 228 valence electrons. The molecule has 16 nitrogen and oxygen atoms in total. The summed E-state index contributed by atoms with van der Waals surface area (Å²) in [6, 6.07) is -0.899. The standard InChI is InChI=1S/C22H29N9O7S4/c1-21(2,3)38-19(36)24-5-4-6-37-29-11(13-27-18(23)42-30-13)14(32)26-12-15(33)31-7-22(17(34)35,8-39-16(12)31)9-40-20-28-25-10-41-20/h10,12,16H,4-9H2,1-3H3,(H,24,36)(H,26,32)(H,34,35)(H2,23,27,30)/t12?,16-,22?/m1/s1. The van der Waals surface area contributed by atoms with Crippen LogP contribution in [0.1, 0.15) is 33.0 Å². The Hall–Kier alpha value is -3.23. The molecule has 2 aromatic heterocycles. The van der Waals surface area contributed by atoms with Crippen molar-refractivity contribution in [2.45, 2.75) is 48.5 Å². The van der Waals surface area contributed by atoms with Crippen LogP contribution in [-0.4, -0.2) is 107 Å². The summed E-state index contributed by atoms with van der Waals surface area (Å²) in [6.45, 7) is 5.56. The zero-order chi connectivity index (χ0) is 30.5. The van der Waals surface area contributed by atoms with Gasteiger partial charge in [0.25, 0.3) is 5.91 Å². The summed E-state index contributed by atoms with van der Waals surface area (Å²) in [6.07, 6.45) is -0.203. The van der Waals surface area contributed by atoms with E-state index in [-0.39, 0.29) is 47.9 Å². The number of nitrogen functional groups attached to an aromatic ring is 1. The zero-order valence-corrected chi connectivity index (χ0v) is 26.0. The van der Waals surface area contributed by atoms with Gasteiger partial charge in [-0.15, -0.1) is 22.0 Å². The number of oxime groups is 1. The lowest BCUT2D eigenvalue weighted by molar-refractivity contribution is -0.157. The molecule has 0 bridgehead atoms. The van der Waals surface area contributed by atoms with Crippen LogP contribution in [0.3, 0.4) is 0 Å². The second kappa shape index (κ2) is 13.4. The molecular formula is C22H29N9O7S4. The van der Waals surface area contributed by atoms with E-state index in [9.17, 15) is 24.3 Å². The summed E-state index contributed by atoms with van der Waals surface area (Å²) in [5.74, 6) is -1.78. The maximum Gasteiger partial charge on any atom is 0.407 e. The van der Waals surface area contributed by atoms with Gasteiger partial charge in [0.15, 0.2) is 9.47 Å². The van der Waals surface area contributed by atoms with Gasteiger partial charge in [0, 0.05) is 42.5 Å². The van der Waals surface area contributed by atoms with E-state index in [4.69, 9.17) is 15.3 Å². The van der Waals surface area contributed by atoms with E-state index < -0.39 is 46.3 Å². The van der Waals surface area contributed by atoms with Crippen LogP contribution in [0.2, 0.25) is 0 Å². The highest BCUT2D eigenvalue weighted by atomic mass is 32.2. The molecule has 42 heavy (non-hydrogen) atoms. The van der Waals surface area contributed by atoms with E-state index >= 15 is 0 Å². The average molecular weight is 660 g/mol. The number of thioether (sulfide) groups is 2. The van der Waals surface area contributed by atoms with Gasteiger partial charge in [-0.05, 0) is 20.8 Å². The van der Waals surface area contributed by atoms with E-state index in [2.05, 4.69) is 35.3 Å². The summed E-state index contributed by atoms with van der Waals surface area (Å²) >= 11 is 4.74. The van der Waals surface area contributed by atoms with Crippen LogP contribution in [-0.2, 0) is 24.0 Å². The van der Waals surface area contributed by atoms with Crippen molar-refractivity contribution in [3.8, 4) is 0 Å². The molecule has 2 fully saturated rings. The van der Waals surface area contributed by atoms with Gasteiger partial charge in [0.05, 0.1) is 0 Å². The molecule has 5 N–H and O–H groups in total. The third-order valence-electron chi connectivity index (χ3n) is 5.80. The lowest BCUT2D eigenvalue weighted by Crippen LogP contribution is -2.74.